The van der Waals surface area contributed by atoms with Crippen LogP contribution in [0.1, 0.15) is 11.1 Å². The molecule has 20 rings (SSSR count). The van der Waals surface area contributed by atoms with Crippen molar-refractivity contribution in [3.8, 4) is 84.0 Å². The third-order valence-corrected chi connectivity index (χ3v) is 20.8. The van der Waals surface area contributed by atoms with Crippen LogP contribution >= 0.6 is 34.3 Å². The molecule has 1 aliphatic rings. The number of hydrogen-bond donors (Lipinski definition) is 0. The van der Waals surface area contributed by atoms with Crippen molar-refractivity contribution in [2.45, 2.75) is 6.42 Å². The fourth-order valence-electron chi connectivity index (χ4n) is 13.9. The van der Waals surface area contributed by atoms with Gasteiger partial charge in [0.1, 0.15) is 32.1 Å². The van der Waals surface area contributed by atoms with Gasteiger partial charge in [0.25, 0.3) is 0 Å². The van der Waals surface area contributed by atoms with Gasteiger partial charge in [0, 0.05) is 66.9 Å². The zero-order valence-electron chi connectivity index (χ0n) is 52.1. The smallest absolute Gasteiger partial charge is 0.165 e. The third kappa shape index (κ3) is 10.5. The van der Waals surface area contributed by atoms with Crippen LogP contribution in [0, 0.1) is 0 Å². The van der Waals surface area contributed by atoms with E-state index in [4.69, 9.17) is 31.5 Å². The van der Waals surface area contributed by atoms with E-state index < -0.39 is 0 Å². The molecular formula is C87H54ClN7S2. The molecule has 7 nitrogen and oxygen atoms in total. The lowest BCUT2D eigenvalue weighted by Crippen LogP contribution is -2.03. The molecule has 12 aromatic carbocycles. The molecule has 0 atom stereocenters. The van der Waals surface area contributed by atoms with Gasteiger partial charge >= 0.3 is 0 Å². The summed E-state index contributed by atoms with van der Waals surface area (Å²) in [6, 6.07) is 103. The Labute approximate surface area is 571 Å². The van der Waals surface area contributed by atoms with Crippen LogP contribution in [0.3, 0.4) is 0 Å². The second-order valence-electron chi connectivity index (χ2n) is 24.3. The zero-order chi connectivity index (χ0) is 64.3. The van der Waals surface area contributed by atoms with Crippen LogP contribution in [0.25, 0.3) is 168 Å². The summed E-state index contributed by atoms with van der Waals surface area (Å²) in [5, 5.41) is 10.0. The average molecular weight is 1300 g/mol. The number of hydrogen-bond acceptors (Lipinski definition) is 8. The Hall–Kier alpha value is -11.9. The van der Waals surface area contributed by atoms with Crippen molar-refractivity contribution in [2.24, 2.45) is 0 Å². The largest absolute Gasteiger partial charge is 0.292 e. The van der Waals surface area contributed by atoms with E-state index in [0.29, 0.717) is 10.8 Å². The standard InChI is InChI=1S/C43H26N4S.C27H16ClN3S.C17H12/c1-3-12-27(13-4-1)33-24-36-39(25-34(33)28-14-5-2-6-15-28)48-43-41(36)45-42(40(46-43)31-18-11-21-44-26-31)47-37-20-10-9-19-32(37)35-22-29-16-7-8-17-30(29)23-38(35)47;28-26-24(19-12-7-13-29-16-19)31-27-25(30-26)22-14-20(17-8-3-1-4-9-17)21(15-23(22)32-27)18-10-5-2-6-11-18;1-2-6-13-11-17-15(9-12(13)5-1)10-14-7-3-4-8-16(14)17/h1-26H;1-16H;1-9,11H,10H2. The molecule has 0 saturated carbocycles. The highest BCUT2D eigenvalue weighted by Gasteiger charge is 2.24. The van der Waals surface area contributed by atoms with E-state index in [9.17, 15) is 0 Å². The summed E-state index contributed by atoms with van der Waals surface area (Å²) in [5.41, 5.74) is 22.4. The average Bonchev–Trinajstić information content (AvgIpc) is 1.60. The summed E-state index contributed by atoms with van der Waals surface area (Å²) < 4.78 is 4.59. The first-order chi connectivity index (χ1) is 48.0. The maximum atomic E-state index is 6.58. The molecule has 0 radical (unpaired) electrons. The minimum Gasteiger partial charge on any atom is -0.292 e. The monoisotopic (exact) mass is 1300 g/mol. The van der Waals surface area contributed by atoms with Gasteiger partial charge in [0.2, 0.25) is 0 Å². The number of fused-ring (bicyclic) bond motifs is 14. The molecule has 10 heteroatoms. The van der Waals surface area contributed by atoms with Crippen LogP contribution in [-0.4, -0.2) is 34.5 Å². The lowest BCUT2D eigenvalue weighted by molar-refractivity contribution is 1.08. The highest BCUT2D eigenvalue weighted by molar-refractivity contribution is 7.25. The van der Waals surface area contributed by atoms with Crippen molar-refractivity contribution in [1.82, 2.24) is 34.5 Å². The number of para-hydroxylation sites is 1. The molecule has 0 N–H and O–H groups in total. The Morgan fingerprint density at radius 3 is 1.33 bits per heavy atom. The molecule has 0 amide bonds. The van der Waals surface area contributed by atoms with Gasteiger partial charge in [0.05, 0.1) is 11.0 Å². The molecule has 0 bridgehead atoms. The van der Waals surface area contributed by atoms with E-state index in [-0.39, 0.29) is 0 Å². The lowest BCUT2D eigenvalue weighted by atomic mass is 9.93. The number of aromatic nitrogens is 7. The first kappa shape index (κ1) is 57.8. The minimum absolute atomic E-state index is 0.388. The van der Waals surface area contributed by atoms with Crippen molar-refractivity contribution in [3.05, 3.63) is 332 Å². The van der Waals surface area contributed by atoms with Crippen LogP contribution in [0.15, 0.2) is 316 Å². The van der Waals surface area contributed by atoms with E-state index in [1.54, 1.807) is 41.3 Å². The number of pyridine rings is 2. The number of halogens is 1. The predicted molar refractivity (Wildman–Crippen MR) is 407 cm³/mol. The Kier molecular flexibility index (Phi) is 14.6. The van der Waals surface area contributed by atoms with Gasteiger partial charge in [-0.15, -0.1) is 22.7 Å². The lowest BCUT2D eigenvalue weighted by Gasteiger charge is -2.13. The molecule has 0 aliphatic heterocycles. The summed E-state index contributed by atoms with van der Waals surface area (Å²) >= 11 is 9.92. The van der Waals surface area contributed by atoms with Gasteiger partial charge in [-0.3, -0.25) is 14.5 Å². The predicted octanol–water partition coefficient (Wildman–Crippen LogP) is 23.8. The molecule has 7 heterocycles. The maximum absolute atomic E-state index is 6.58. The molecule has 0 saturated heterocycles. The third-order valence-electron chi connectivity index (χ3n) is 18.5. The Morgan fingerprint density at radius 1 is 0.309 bits per heavy atom. The van der Waals surface area contributed by atoms with Gasteiger partial charge in [0.15, 0.2) is 11.0 Å². The molecule has 97 heavy (non-hydrogen) atoms. The van der Waals surface area contributed by atoms with Crippen molar-refractivity contribution in [1.29, 1.82) is 0 Å². The van der Waals surface area contributed by atoms with Crippen LogP contribution in [0.4, 0.5) is 0 Å². The Morgan fingerprint density at radius 2 is 0.763 bits per heavy atom. The molecule has 1 aliphatic carbocycles. The summed E-state index contributed by atoms with van der Waals surface area (Å²) in [4.78, 5) is 31.1. The summed E-state index contributed by atoms with van der Waals surface area (Å²) in [5.74, 6) is 0.796. The fourth-order valence-corrected chi connectivity index (χ4v) is 16.2. The van der Waals surface area contributed by atoms with Crippen LogP contribution in [-0.2, 0) is 6.42 Å². The van der Waals surface area contributed by atoms with Crippen molar-refractivity contribution in [2.75, 3.05) is 0 Å². The summed E-state index contributed by atoms with van der Waals surface area (Å²) in [7, 11) is 0. The Bertz CT molecular complexity index is 6220. The van der Waals surface area contributed by atoms with E-state index >= 15 is 0 Å². The molecule has 0 unspecified atom stereocenters. The topological polar surface area (TPSA) is 82.3 Å². The molecule has 19 aromatic rings. The normalized spacial score (nSPS) is 11.7. The van der Waals surface area contributed by atoms with Gasteiger partial charge in [-0.05, 0) is 168 Å². The first-order valence-electron chi connectivity index (χ1n) is 32.3. The second kappa shape index (κ2) is 24.5. The van der Waals surface area contributed by atoms with Gasteiger partial charge in [-0.25, -0.2) is 19.9 Å². The van der Waals surface area contributed by atoms with Gasteiger partial charge in [-0.2, -0.15) is 0 Å². The maximum Gasteiger partial charge on any atom is 0.165 e. The first-order valence-corrected chi connectivity index (χ1v) is 34.3. The van der Waals surface area contributed by atoms with Crippen LogP contribution < -0.4 is 0 Å². The Balaban J connectivity index is 0.000000119. The van der Waals surface area contributed by atoms with Crippen molar-refractivity contribution in [3.63, 3.8) is 0 Å². The summed E-state index contributed by atoms with van der Waals surface area (Å²) in [6.45, 7) is 0. The molecular weight excluding hydrogens is 1240 g/mol. The minimum atomic E-state index is 0.388. The van der Waals surface area contributed by atoms with Gasteiger partial charge in [-0.1, -0.05) is 230 Å². The van der Waals surface area contributed by atoms with Crippen molar-refractivity contribution >= 4 is 118 Å². The summed E-state index contributed by atoms with van der Waals surface area (Å²) in [6.07, 6.45) is 8.26. The molecule has 456 valence electrons. The van der Waals surface area contributed by atoms with E-state index in [1.807, 2.05) is 36.5 Å². The van der Waals surface area contributed by atoms with Crippen LogP contribution in [0.5, 0.6) is 0 Å². The number of rotatable bonds is 7. The SMILES string of the molecule is Clc1nc2c(nc1-c1cccnc1)sc1cc(-c3ccccc3)c(-c3ccccc3)cc12.c1ccc(-c2cc3sc4nc(-c5cccnc5)c(-n5c6ccccc6c6cc7ccccc7cc65)nc4c3cc2-c2ccccc2)cc1.c1ccc2c(c1)Cc1cc3ccccc3cc1-2. The second-order valence-corrected chi connectivity index (χ2v) is 26.7. The zero-order valence-corrected chi connectivity index (χ0v) is 54.4. The molecule has 0 fully saturated rings. The highest BCUT2D eigenvalue weighted by Crippen LogP contribution is 2.46. The van der Waals surface area contributed by atoms with E-state index in [1.165, 1.54) is 99.1 Å². The number of thiophene rings is 2. The highest BCUT2D eigenvalue weighted by atomic mass is 35.5. The molecule has 0 spiro atoms. The quantitative estimate of drug-likeness (QED) is 0.158. The van der Waals surface area contributed by atoms with Crippen molar-refractivity contribution < 1.29 is 0 Å². The molecule has 7 aromatic heterocycles. The van der Waals surface area contributed by atoms with Crippen LogP contribution in [0.2, 0.25) is 5.15 Å². The van der Waals surface area contributed by atoms with E-state index in [0.717, 1.165) is 81.0 Å². The number of nitrogens with zero attached hydrogens (tertiary/aromatic N) is 7. The number of benzene rings is 12. The van der Waals surface area contributed by atoms with E-state index in [2.05, 4.69) is 275 Å². The van der Waals surface area contributed by atoms with Gasteiger partial charge < -0.3 is 0 Å². The fraction of sp³-hybridized carbons (Fsp3) is 0.0115.